The average molecular weight is 418 g/mol. The Hall–Kier alpha value is -3.93. The molecule has 0 atom stereocenters. The zero-order chi connectivity index (χ0) is 22.0. The number of fused-ring (bicyclic) bond motifs is 1. The molecule has 0 amide bonds. The van der Waals surface area contributed by atoms with E-state index in [2.05, 4.69) is 0 Å². The van der Waals surface area contributed by atoms with E-state index in [1.807, 2.05) is 0 Å². The monoisotopic (exact) mass is 418 g/mol. The van der Waals surface area contributed by atoms with Gasteiger partial charge in [-0.25, -0.2) is 4.39 Å². The summed E-state index contributed by atoms with van der Waals surface area (Å²) in [6, 6.07) is 16.1. The highest BCUT2D eigenvalue weighted by atomic mass is 19.1. The fraction of sp³-hybridized carbons (Fsp3) is 0.120. The van der Waals surface area contributed by atoms with E-state index >= 15 is 0 Å². The summed E-state index contributed by atoms with van der Waals surface area (Å²) in [5.41, 5.74) is 2.21. The normalized spacial score (nSPS) is 13.6. The number of benzene rings is 3. The van der Waals surface area contributed by atoms with Gasteiger partial charge in [-0.2, -0.15) is 0 Å². The molecule has 31 heavy (non-hydrogen) atoms. The second kappa shape index (κ2) is 8.44. The van der Waals surface area contributed by atoms with Crippen LogP contribution in [-0.4, -0.2) is 18.9 Å². The molecule has 3 aromatic rings. The third-order valence-corrected chi connectivity index (χ3v) is 4.91. The van der Waals surface area contributed by atoms with Gasteiger partial charge in [0.1, 0.15) is 23.1 Å². The molecule has 0 unspecified atom stereocenters. The molecular weight excluding hydrogens is 399 g/mol. The molecule has 156 valence electrons. The minimum Gasteiger partial charge on any atom is -0.497 e. The Labute approximate surface area is 178 Å². The van der Waals surface area contributed by atoms with Crippen molar-refractivity contribution in [3.8, 4) is 17.2 Å². The van der Waals surface area contributed by atoms with E-state index in [-0.39, 0.29) is 18.0 Å². The molecule has 1 heterocycles. The highest BCUT2D eigenvalue weighted by molar-refractivity contribution is 6.15. The molecule has 0 fully saturated rings. The highest BCUT2D eigenvalue weighted by Gasteiger charge is 2.30. The van der Waals surface area contributed by atoms with E-state index in [0.29, 0.717) is 33.9 Å². The lowest BCUT2D eigenvalue weighted by Crippen LogP contribution is -2.12. The fourth-order valence-electron chi connectivity index (χ4n) is 3.30. The molecule has 0 N–H and O–H groups in total. The van der Waals surface area contributed by atoms with Gasteiger partial charge in [0.05, 0.1) is 19.1 Å². The molecular formula is C25H19FO5. The molecule has 6 heteroatoms. The number of esters is 1. The predicted molar refractivity (Wildman–Crippen MR) is 113 cm³/mol. The minimum atomic E-state index is -0.437. The van der Waals surface area contributed by atoms with Crippen LogP contribution in [0.4, 0.5) is 4.39 Å². The molecule has 4 rings (SSSR count). The molecule has 0 radical (unpaired) electrons. The summed E-state index contributed by atoms with van der Waals surface area (Å²) in [6.07, 6.45) is 1.57. The SMILES string of the molecule is COc1ccc(CC(=O)Oc2ccc3c(c2C)O/C(=C\c2cccc(F)c2)C3=O)cc1. The van der Waals surface area contributed by atoms with E-state index in [9.17, 15) is 14.0 Å². The van der Waals surface area contributed by atoms with E-state index in [4.69, 9.17) is 14.2 Å². The molecule has 1 aliphatic rings. The number of ketones is 1. The average Bonchev–Trinajstić information content (AvgIpc) is 3.07. The van der Waals surface area contributed by atoms with Crippen molar-refractivity contribution in [2.75, 3.05) is 7.11 Å². The summed E-state index contributed by atoms with van der Waals surface area (Å²) in [4.78, 5) is 25.0. The Morgan fingerprint density at radius 3 is 2.58 bits per heavy atom. The van der Waals surface area contributed by atoms with Gasteiger partial charge in [-0.1, -0.05) is 24.3 Å². The zero-order valence-electron chi connectivity index (χ0n) is 17.0. The smallest absolute Gasteiger partial charge is 0.315 e. The molecule has 0 aromatic heterocycles. The maximum Gasteiger partial charge on any atom is 0.315 e. The number of rotatable bonds is 5. The van der Waals surface area contributed by atoms with Crippen LogP contribution in [0.3, 0.4) is 0 Å². The Morgan fingerprint density at radius 2 is 1.87 bits per heavy atom. The lowest BCUT2D eigenvalue weighted by Gasteiger charge is -2.10. The van der Waals surface area contributed by atoms with Crippen LogP contribution in [0.15, 0.2) is 66.4 Å². The Bertz CT molecular complexity index is 1200. The molecule has 0 saturated carbocycles. The Morgan fingerprint density at radius 1 is 1.10 bits per heavy atom. The number of allylic oxidation sites excluding steroid dienone is 1. The van der Waals surface area contributed by atoms with Gasteiger partial charge < -0.3 is 14.2 Å². The van der Waals surface area contributed by atoms with Crippen molar-refractivity contribution in [2.45, 2.75) is 13.3 Å². The van der Waals surface area contributed by atoms with Crippen LogP contribution in [0.5, 0.6) is 17.2 Å². The predicted octanol–water partition coefficient (Wildman–Crippen LogP) is 4.91. The fourth-order valence-corrected chi connectivity index (χ4v) is 3.30. The third-order valence-electron chi connectivity index (χ3n) is 4.91. The van der Waals surface area contributed by atoms with Crippen molar-refractivity contribution in [1.82, 2.24) is 0 Å². The van der Waals surface area contributed by atoms with Gasteiger partial charge in [-0.3, -0.25) is 9.59 Å². The molecule has 0 spiro atoms. The number of Topliss-reactive ketones (excluding diaryl/α,β-unsaturated/α-hetero) is 1. The zero-order valence-corrected chi connectivity index (χ0v) is 17.0. The van der Waals surface area contributed by atoms with Crippen molar-refractivity contribution in [1.29, 1.82) is 0 Å². The summed E-state index contributed by atoms with van der Waals surface area (Å²) in [5.74, 6) is 0.298. The lowest BCUT2D eigenvalue weighted by molar-refractivity contribution is -0.133. The Kier molecular flexibility index (Phi) is 5.54. The summed E-state index contributed by atoms with van der Waals surface area (Å²) in [7, 11) is 1.57. The first kappa shape index (κ1) is 20.3. The van der Waals surface area contributed by atoms with Crippen molar-refractivity contribution in [2.24, 2.45) is 0 Å². The van der Waals surface area contributed by atoms with Crippen LogP contribution in [0, 0.1) is 12.7 Å². The number of hydrogen-bond acceptors (Lipinski definition) is 5. The van der Waals surface area contributed by atoms with Crippen LogP contribution in [-0.2, 0) is 11.2 Å². The van der Waals surface area contributed by atoms with Crippen LogP contribution >= 0.6 is 0 Å². The summed E-state index contributed by atoms with van der Waals surface area (Å²) in [6.45, 7) is 1.72. The number of ether oxygens (including phenoxy) is 3. The molecule has 3 aromatic carbocycles. The molecule has 0 aliphatic carbocycles. The van der Waals surface area contributed by atoms with E-state index < -0.39 is 11.8 Å². The lowest BCUT2D eigenvalue weighted by atomic mass is 10.1. The van der Waals surface area contributed by atoms with Gasteiger partial charge >= 0.3 is 5.97 Å². The third kappa shape index (κ3) is 4.33. The summed E-state index contributed by atoms with van der Waals surface area (Å²) >= 11 is 0. The van der Waals surface area contributed by atoms with Crippen LogP contribution in [0.1, 0.15) is 27.0 Å². The number of methoxy groups -OCH3 is 1. The van der Waals surface area contributed by atoms with Gasteiger partial charge in [-0.15, -0.1) is 0 Å². The van der Waals surface area contributed by atoms with Gasteiger partial charge in [0, 0.05) is 5.56 Å². The maximum absolute atomic E-state index is 13.4. The topological polar surface area (TPSA) is 61.8 Å². The molecule has 0 bridgehead atoms. The summed E-state index contributed by atoms with van der Waals surface area (Å²) < 4.78 is 29.8. The van der Waals surface area contributed by atoms with E-state index in [1.165, 1.54) is 18.2 Å². The summed E-state index contributed by atoms with van der Waals surface area (Å²) in [5, 5.41) is 0. The molecule has 5 nitrogen and oxygen atoms in total. The molecule has 0 saturated heterocycles. The largest absolute Gasteiger partial charge is 0.497 e. The maximum atomic E-state index is 13.4. The second-order valence-electron chi connectivity index (χ2n) is 7.06. The highest BCUT2D eigenvalue weighted by Crippen LogP contribution is 2.39. The number of carbonyl (C=O) groups is 2. The number of carbonyl (C=O) groups excluding carboxylic acids is 2. The van der Waals surface area contributed by atoms with Crippen molar-refractivity contribution in [3.05, 3.63) is 94.5 Å². The van der Waals surface area contributed by atoms with Crippen molar-refractivity contribution < 1.29 is 28.2 Å². The van der Waals surface area contributed by atoms with Crippen LogP contribution in [0.2, 0.25) is 0 Å². The van der Waals surface area contributed by atoms with Crippen LogP contribution < -0.4 is 14.2 Å². The van der Waals surface area contributed by atoms with Crippen LogP contribution in [0.25, 0.3) is 6.08 Å². The Balaban J connectivity index is 1.52. The quantitative estimate of drug-likeness (QED) is 0.335. The van der Waals surface area contributed by atoms with Crippen molar-refractivity contribution in [3.63, 3.8) is 0 Å². The van der Waals surface area contributed by atoms with Gasteiger partial charge in [-0.05, 0) is 60.5 Å². The first-order valence-electron chi connectivity index (χ1n) is 9.61. The molecule has 1 aliphatic heterocycles. The van der Waals surface area contributed by atoms with Gasteiger partial charge in [0.15, 0.2) is 5.76 Å². The van der Waals surface area contributed by atoms with Crippen molar-refractivity contribution >= 4 is 17.8 Å². The second-order valence-corrected chi connectivity index (χ2v) is 7.06. The van der Waals surface area contributed by atoms with E-state index in [0.717, 1.165) is 5.56 Å². The number of hydrogen-bond donors (Lipinski definition) is 0. The van der Waals surface area contributed by atoms with E-state index in [1.54, 1.807) is 62.6 Å². The first-order chi connectivity index (χ1) is 14.9. The standard InChI is InChI=1S/C25H19FO5/c1-15-21(30-23(27)14-16-6-8-19(29-2)9-7-16)11-10-20-24(28)22(31-25(15)20)13-17-4-3-5-18(26)12-17/h3-13H,14H2,1-2H3/b22-13-. The minimum absolute atomic E-state index is 0.0883. The van der Waals surface area contributed by atoms with Gasteiger partial charge in [0.2, 0.25) is 5.78 Å². The number of halogens is 1. The first-order valence-corrected chi connectivity index (χ1v) is 9.61. The van der Waals surface area contributed by atoms with Gasteiger partial charge in [0.25, 0.3) is 0 Å².